The van der Waals surface area contributed by atoms with Gasteiger partial charge >= 0.3 is 5.97 Å². The van der Waals surface area contributed by atoms with Gasteiger partial charge in [-0.2, -0.15) is 0 Å². The number of allylic oxidation sites excluding steroid dienone is 1. The van der Waals surface area contributed by atoms with Gasteiger partial charge in [-0.05, 0) is 18.8 Å². The van der Waals surface area contributed by atoms with Crippen LogP contribution in [0.3, 0.4) is 0 Å². The molecule has 0 radical (unpaired) electrons. The summed E-state index contributed by atoms with van der Waals surface area (Å²) in [7, 11) is 0. The molecular formula is C8H12O2. The Bertz CT molecular complexity index is 161. The van der Waals surface area contributed by atoms with Crippen LogP contribution < -0.4 is 0 Å². The lowest BCUT2D eigenvalue weighted by molar-refractivity contribution is -0.141. The first-order valence-corrected chi connectivity index (χ1v) is 3.61. The average molecular weight is 140 g/mol. The highest BCUT2D eigenvalue weighted by molar-refractivity contribution is 5.72. The zero-order chi connectivity index (χ0) is 7.56. The van der Waals surface area contributed by atoms with Gasteiger partial charge in [0.05, 0.1) is 5.92 Å². The van der Waals surface area contributed by atoms with E-state index in [-0.39, 0.29) is 5.92 Å². The minimum Gasteiger partial charge on any atom is -0.481 e. The van der Waals surface area contributed by atoms with E-state index in [1.54, 1.807) is 6.08 Å². The Morgan fingerprint density at radius 1 is 1.70 bits per heavy atom. The summed E-state index contributed by atoms with van der Waals surface area (Å²) in [6.07, 6.45) is 5.80. The maximum atomic E-state index is 10.5. The normalized spacial score (nSPS) is 32.1. The fourth-order valence-corrected chi connectivity index (χ4v) is 1.30. The standard InChI is InChI=1S/C8H12O2/c1-6-4-2-3-5-7(6)8(9)10/h3,5-7H,2,4H2,1H3,(H,9,10). The van der Waals surface area contributed by atoms with Crippen molar-refractivity contribution in [2.75, 3.05) is 0 Å². The predicted molar refractivity (Wildman–Crippen MR) is 38.7 cm³/mol. The Labute approximate surface area is 60.6 Å². The molecule has 0 aromatic heterocycles. The van der Waals surface area contributed by atoms with Crippen LogP contribution in [0.4, 0.5) is 0 Å². The molecule has 56 valence electrons. The van der Waals surface area contributed by atoms with Crippen LogP contribution >= 0.6 is 0 Å². The van der Waals surface area contributed by atoms with Gasteiger partial charge in [-0.15, -0.1) is 0 Å². The number of carbonyl (C=O) groups is 1. The largest absolute Gasteiger partial charge is 0.481 e. The first kappa shape index (κ1) is 7.32. The van der Waals surface area contributed by atoms with Crippen molar-refractivity contribution in [3.05, 3.63) is 12.2 Å². The number of rotatable bonds is 1. The molecule has 2 atom stereocenters. The summed E-state index contributed by atoms with van der Waals surface area (Å²) in [6, 6.07) is 0. The van der Waals surface area contributed by atoms with Crippen molar-refractivity contribution in [2.45, 2.75) is 19.8 Å². The monoisotopic (exact) mass is 140 g/mol. The number of hydrogen-bond donors (Lipinski definition) is 1. The van der Waals surface area contributed by atoms with E-state index in [1.165, 1.54) is 0 Å². The smallest absolute Gasteiger partial charge is 0.310 e. The second-order valence-corrected chi connectivity index (χ2v) is 2.85. The first-order valence-electron chi connectivity index (χ1n) is 3.61. The molecule has 1 N–H and O–H groups in total. The zero-order valence-electron chi connectivity index (χ0n) is 6.08. The van der Waals surface area contributed by atoms with Crippen molar-refractivity contribution in [1.82, 2.24) is 0 Å². The van der Waals surface area contributed by atoms with E-state index >= 15 is 0 Å². The number of carboxylic acids is 1. The van der Waals surface area contributed by atoms with Gasteiger partial charge in [-0.25, -0.2) is 0 Å². The summed E-state index contributed by atoms with van der Waals surface area (Å²) in [5.74, 6) is -0.625. The minimum absolute atomic E-state index is 0.242. The zero-order valence-corrected chi connectivity index (χ0v) is 6.08. The van der Waals surface area contributed by atoms with Gasteiger partial charge in [0.15, 0.2) is 0 Å². The van der Waals surface area contributed by atoms with Crippen molar-refractivity contribution < 1.29 is 9.90 Å². The van der Waals surface area contributed by atoms with Crippen LogP contribution in [0, 0.1) is 11.8 Å². The second-order valence-electron chi connectivity index (χ2n) is 2.85. The number of aliphatic carboxylic acids is 1. The molecule has 2 nitrogen and oxygen atoms in total. The van der Waals surface area contributed by atoms with Crippen LogP contribution in [0.5, 0.6) is 0 Å². The van der Waals surface area contributed by atoms with E-state index in [2.05, 4.69) is 0 Å². The lowest BCUT2D eigenvalue weighted by Gasteiger charge is -2.19. The maximum absolute atomic E-state index is 10.5. The Morgan fingerprint density at radius 2 is 2.40 bits per heavy atom. The highest BCUT2D eigenvalue weighted by Gasteiger charge is 2.23. The molecule has 0 fully saturated rings. The van der Waals surface area contributed by atoms with Crippen molar-refractivity contribution in [1.29, 1.82) is 0 Å². The third kappa shape index (κ3) is 1.38. The fourth-order valence-electron chi connectivity index (χ4n) is 1.30. The molecule has 2 heteroatoms. The van der Waals surface area contributed by atoms with Crippen molar-refractivity contribution in [2.24, 2.45) is 11.8 Å². The number of carboxylic acid groups (broad SMARTS) is 1. The molecule has 10 heavy (non-hydrogen) atoms. The third-order valence-electron chi connectivity index (χ3n) is 2.03. The number of hydrogen-bond acceptors (Lipinski definition) is 1. The van der Waals surface area contributed by atoms with Crippen LogP contribution in [0.15, 0.2) is 12.2 Å². The molecule has 0 heterocycles. The van der Waals surface area contributed by atoms with Gasteiger partial charge in [0.25, 0.3) is 0 Å². The van der Waals surface area contributed by atoms with E-state index in [0.29, 0.717) is 5.92 Å². The van der Waals surface area contributed by atoms with Gasteiger partial charge in [0.2, 0.25) is 0 Å². The van der Waals surface area contributed by atoms with Crippen LogP contribution in [0.2, 0.25) is 0 Å². The molecule has 0 aromatic carbocycles. The summed E-state index contributed by atoms with van der Waals surface area (Å²) in [5, 5.41) is 8.66. The van der Waals surface area contributed by atoms with E-state index in [4.69, 9.17) is 5.11 Å². The van der Waals surface area contributed by atoms with E-state index in [9.17, 15) is 4.79 Å². The fraction of sp³-hybridized carbons (Fsp3) is 0.625. The van der Waals surface area contributed by atoms with Crippen LogP contribution in [-0.4, -0.2) is 11.1 Å². The lowest BCUT2D eigenvalue weighted by atomic mass is 9.86. The summed E-state index contributed by atoms with van der Waals surface area (Å²) in [4.78, 5) is 10.5. The van der Waals surface area contributed by atoms with Gasteiger partial charge in [0.1, 0.15) is 0 Å². The molecule has 1 aliphatic rings. The van der Waals surface area contributed by atoms with Crippen LogP contribution in [0.25, 0.3) is 0 Å². The summed E-state index contributed by atoms with van der Waals surface area (Å²) >= 11 is 0. The Morgan fingerprint density at radius 3 is 2.80 bits per heavy atom. The van der Waals surface area contributed by atoms with Crippen LogP contribution in [0.1, 0.15) is 19.8 Å². The molecular weight excluding hydrogens is 128 g/mol. The summed E-state index contributed by atoms with van der Waals surface area (Å²) in [6.45, 7) is 1.99. The molecule has 1 aliphatic carbocycles. The van der Waals surface area contributed by atoms with Gasteiger partial charge in [0, 0.05) is 0 Å². The molecule has 0 aromatic rings. The van der Waals surface area contributed by atoms with E-state index in [1.807, 2.05) is 13.0 Å². The Kier molecular flexibility index (Phi) is 2.10. The topological polar surface area (TPSA) is 37.3 Å². The first-order chi connectivity index (χ1) is 4.72. The molecule has 0 bridgehead atoms. The van der Waals surface area contributed by atoms with Crippen LogP contribution in [-0.2, 0) is 4.79 Å². The molecule has 2 unspecified atom stereocenters. The lowest BCUT2D eigenvalue weighted by Crippen LogP contribution is -2.21. The Balaban J connectivity index is 2.64. The maximum Gasteiger partial charge on any atom is 0.310 e. The van der Waals surface area contributed by atoms with Gasteiger partial charge in [-0.3, -0.25) is 4.79 Å². The third-order valence-corrected chi connectivity index (χ3v) is 2.03. The Hall–Kier alpha value is -0.790. The molecule has 0 spiro atoms. The molecule has 0 saturated heterocycles. The minimum atomic E-state index is -0.691. The molecule has 1 rings (SSSR count). The molecule has 0 aliphatic heterocycles. The molecule has 0 saturated carbocycles. The predicted octanol–water partition coefficient (Wildman–Crippen LogP) is 1.67. The second kappa shape index (κ2) is 2.86. The van der Waals surface area contributed by atoms with Crippen molar-refractivity contribution in [3.8, 4) is 0 Å². The summed E-state index contributed by atoms with van der Waals surface area (Å²) < 4.78 is 0. The van der Waals surface area contributed by atoms with Crippen molar-refractivity contribution in [3.63, 3.8) is 0 Å². The molecule has 0 amide bonds. The van der Waals surface area contributed by atoms with Crippen molar-refractivity contribution >= 4 is 5.97 Å². The van der Waals surface area contributed by atoms with E-state index in [0.717, 1.165) is 12.8 Å². The highest BCUT2D eigenvalue weighted by atomic mass is 16.4. The average Bonchev–Trinajstić information content (AvgIpc) is 1.88. The SMILES string of the molecule is CC1CCC=CC1C(=O)O. The highest BCUT2D eigenvalue weighted by Crippen LogP contribution is 2.23. The quantitative estimate of drug-likeness (QED) is 0.562. The van der Waals surface area contributed by atoms with Gasteiger partial charge < -0.3 is 5.11 Å². The van der Waals surface area contributed by atoms with E-state index < -0.39 is 5.97 Å². The summed E-state index contributed by atoms with van der Waals surface area (Å²) in [5.41, 5.74) is 0. The van der Waals surface area contributed by atoms with Gasteiger partial charge in [-0.1, -0.05) is 19.1 Å².